The van der Waals surface area contributed by atoms with E-state index < -0.39 is 12.0 Å². The van der Waals surface area contributed by atoms with Gasteiger partial charge in [-0.2, -0.15) is 0 Å². The molecule has 192 valence electrons. The Morgan fingerprint density at radius 3 is 2.37 bits per heavy atom. The van der Waals surface area contributed by atoms with Crippen LogP contribution in [0, 0.1) is 36.0 Å². The molecule has 2 amide bonds. The van der Waals surface area contributed by atoms with E-state index >= 15 is 0 Å². The van der Waals surface area contributed by atoms with E-state index in [1.807, 2.05) is 39.5 Å². The Morgan fingerprint density at radius 1 is 1.14 bits per heavy atom. The lowest BCUT2D eigenvalue weighted by molar-refractivity contribution is -0.135. The second kappa shape index (κ2) is 11.2. The summed E-state index contributed by atoms with van der Waals surface area (Å²) in [4.78, 5) is 44.4. The third kappa shape index (κ3) is 6.27. The topological polar surface area (TPSA) is 77.9 Å². The molecule has 0 aromatic carbocycles. The largest absolute Gasteiger partial charge is 0.477 e. The van der Waals surface area contributed by atoms with Crippen LogP contribution in [-0.4, -0.2) is 46.9 Å². The molecule has 1 aliphatic heterocycles. The fourth-order valence-corrected chi connectivity index (χ4v) is 6.06. The van der Waals surface area contributed by atoms with Gasteiger partial charge in [-0.05, 0) is 85.5 Å². The van der Waals surface area contributed by atoms with Gasteiger partial charge in [0, 0.05) is 30.0 Å². The fourth-order valence-electron chi connectivity index (χ4n) is 5.06. The van der Waals surface area contributed by atoms with Crippen LogP contribution in [0.15, 0.2) is 0 Å². The van der Waals surface area contributed by atoms with Gasteiger partial charge >= 0.3 is 5.97 Å². The smallest absolute Gasteiger partial charge is 0.348 e. The molecule has 1 aliphatic carbocycles. The van der Waals surface area contributed by atoms with Crippen LogP contribution in [-0.2, 0) is 9.59 Å². The number of carboxylic acid groups (broad SMARTS) is 1. The van der Waals surface area contributed by atoms with Crippen LogP contribution in [0.5, 0.6) is 0 Å². The minimum atomic E-state index is -1.08. The highest BCUT2D eigenvalue weighted by Gasteiger charge is 2.41. The van der Waals surface area contributed by atoms with Gasteiger partial charge in [-0.15, -0.1) is 11.3 Å². The van der Waals surface area contributed by atoms with Crippen molar-refractivity contribution in [3.05, 3.63) is 15.3 Å². The van der Waals surface area contributed by atoms with E-state index in [-0.39, 0.29) is 28.0 Å². The summed E-state index contributed by atoms with van der Waals surface area (Å²) >= 11 is 1.11. The molecule has 1 aromatic heterocycles. The molecule has 1 aromatic rings. The molecule has 0 unspecified atom stereocenters. The van der Waals surface area contributed by atoms with Crippen LogP contribution >= 0.6 is 11.3 Å². The lowest BCUT2D eigenvalue weighted by atomic mass is 9.82. The fraction of sp³-hybridized carbons (Fsp3) is 0.679. The third-order valence-corrected chi connectivity index (χ3v) is 8.33. The van der Waals surface area contributed by atoms with E-state index in [1.54, 1.807) is 4.90 Å². The first kappa shape index (κ1) is 27.3. The molecular weight excluding hydrogens is 460 g/mol. The first-order chi connectivity index (χ1) is 16.4. The molecule has 2 fully saturated rings. The normalized spacial score (nSPS) is 23.3. The van der Waals surface area contributed by atoms with E-state index in [0.717, 1.165) is 49.9 Å². The highest BCUT2D eigenvalue weighted by Crippen LogP contribution is 2.40. The Morgan fingerprint density at radius 2 is 1.80 bits per heavy atom. The molecule has 3 rings (SSSR count). The van der Waals surface area contributed by atoms with Crippen molar-refractivity contribution in [3.63, 3.8) is 0 Å². The number of amides is 2. The quantitative estimate of drug-likeness (QED) is 0.525. The van der Waals surface area contributed by atoms with Crippen molar-refractivity contribution in [3.8, 4) is 11.8 Å². The minimum Gasteiger partial charge on any atom is -0.477 e. The number of hydrogen-bond acceptors (Lipinski definition) is 4. The predicted octanol–water partition coefficient (Wildman–Crippen LogP) is 5.71. The molecule has 6 nitrogen and oxygen atoms in total. The first-order valence-electron chi connectivity index (χ1n) is 13.0. The van der Waals surface area contributed by atoms with Gasteiger partial charge in [0.15, 0.2) is 0 Å². The zero-order valence-electron chi connectivity index (χ0n) is 22.1. The summed E-state index contributed by atoms with van der Waals surface area (Å²) in [5.74, 6) is 5.49. The minimum absolute atomic E-state index is 0.0770. The number of nitrogens with zero attached hydrogens (tertiary/aromatic N) is 2. The summed E-state index contributed by atoms with van der Waals surface area (Å²) in [5, 5.41) is 10.2. The van der Waals surface area contributed by atoms with Crippen LogP contribution in [0.3, 0.4) is 0 Å². The van der Waals surface area contributed by atoms with Gasteiger partial charge in [-0.1, -0.05) is 18.8 Å². The van der Waals surface area contributed by atoms with Crippen molar-refractivity contribution in [2.24, 2.45) is 17.3 Å². The van der Waals surface area contributed by atoms with Crippen LogP contribution in [0.4, 0.5) is 5.69 Å². The first-order valence-corrected chi connectivity index (χ1v) is 13.8. The van der Waals surface area contributed by atoms with Crippen molar-refractivity contribution in [2.45, 2.75) is 92.5 Å². The Labute approximate surface area is 214 Å². The number of carbonyl (C=O) groups is 3. The molecule has 0 spiro atoms. The van der Waals surface area contributed by atoms with Crippen LogP contribution in [0.2, 0.25) is 0 Å². The SMILES string of the molecule is CCN1CCCC[C@H](N(C(=O)C2CCC(C)CC2)c2c(C(=O)O)sc(C#CC(C)(C)C)c2C)C1=O. The zero-order valence-corrected chi connectivity index (χ0v) is 22.9. The Balaban J connectivity index is 2.17. The molecule has 1 saturated heterocycles. The molecule has 35 heavy (non-hydrogen) atoms. The summed E-state index contributed by atoms with van der Waals surface area (Å²) in [6.07, 6.45) is 5.74. The lowest BCUT2D eigenvalue weighted by Crippen LogP contribution is -2.52. The average molecular weight is 501 g/mol. The Bertz CT molecular complexity index is 1020. The van der Waals surface area contributed by atoms with E-state index in [1.165, 1.54) is 0 Å². The summed E-state index contributed by atoms with van der Waals surface area (Å²) in [6, 6.07) is -0.681. The van der Waals surface area contributed by atoms with E-state index in [9.17, 15) is 19.5 Å². The number of carboxylic acids is 1. The lowest BCUT2D eigenvalue weighted by Gasteiger charge is -2.37. The maximum absolute atomic E-state index is 14.1. The number of hydrogen-bond donors (Lipinski definition) is 1. The van der Waals surface area contributed by atoms with Crippen LogP contribution in [0.25, 0.3) is 0 Å². The van der Waals surface area contributed by atoms with Crippen molar-refractivity contribution in [1.29, 1.82) is 0 Å². The molecular formula is C28H40N2O4S. The molecule has 1 saturated carbocycles. The van der Waals surface area contributed by atoms with Gasteiger partial charge in [0.25, 0.3) is 0 Å². The highest BCUT2D eigenvalue weighted by molar-refractivity contribution is 7.15. The monoisotopic (exact) mass is 500 g/mol. The predicted molar refractivity (Wildman–Crippen MR) is 141 cm³/mol. The Kier molecular flexibility index (Phi) is 8.69. The van der Waals surface area contributed by atoms with Gasteiger partial charge in [0.1, 0.15) is 10.9 Å². The van der Waals surface area contributed by atoms with Crippen molar-refractivity contribution >= 4 is 34.8 Å². The maximum Gasteiger partial charge on any atom is 0.348 e. The number of likely N-dealkylation sites (N-methyl/N-ethyl adjacent to an activating group) is 1. The summed E-state index contributed by atoms with van der Waals surface area (Å²) in [7, 11) is 0. The number of aromatic carboxylic acids is 1. The maximum atomic E-state index is 14.1. The molecule has 2 aliphatic rings. The summed E-state index contributed by atoms with van der Waals surface area (Å²) in [5.41, 5.74) is 0.815. The Hall–Kier alpha value is -2.33. The third-order valence-electron chi connectivity index (χ3n) is 7.15. The number of likely N-dealkylation sites (tertiary alicyclic amines) is 1. The number of carbonyl (C=O) groups excluding carboxylic acids is 2. The molecule has 1 atom stereocenters. The zero-order chi connectivity index (χ0) is 25.9. The highest BCUT2D eigenvalue weighted by atomic mass is 32.1. The van der Waals surface area contributed by atoms with E-state index in [4.69, 9.17) is 0 Å². The van der Waals surface area contributed by atoms with Crippen molar-refractivity contribution < 1.29 is 19.5 Å². The number of thiophene rings is 1. The summed E-state index contributed by atoms with van der Waals surface area (Å²) < 4.78 is 0. The van der Waals surface area contributed by atoms with Crippen LogP contribution in [0.1, 0.15) is 99.7 Å². The van der Waals surface area contributed by atoms with Gasteiger partial charge in [-0.3, -0.25) is 14.5 Å². The molecule has 0 radical (unpaired) electrons. The van der Waals surface area contributed by atoms with Gasteiger partial charge in [-0.25, -0.2) is 4.79 Å². The van der Waals surface area contributed by atoms with Crippen molar-refractivity contribution in [2.75, 3.05) is 18.0 Å². The molecule has 1 N–H and O–H groups in total. The van der Waals surface area contributed by atoms with Gasteiger partial charge in [0.2, 0.25) is 11.8 Å². The van der Waals surface area contributed by atoms with Crippen LogP contribution < -0.4 is 4.90 Å². The second-order valence-corrected chi connectivity index (χ2v) is 12.2. The van der Waals surface area contributed by atoms with Gasteiger partial charge < -0.3 is 10.0 Å². The molecule has 0 bridgehead atoms. The van der Waals surface area contributed by atoms with E-state index in [0.29, 0.717) is 41.6 Å². The number of anilines is 1. The molecule has 7 heteroatoms. The number of rotatable bonds is 5. The van der Waals surface area contributed by atoms with Crippen molar-refractivity contribution in [1.82, 2.24) is 4.90 Å². The average Bonchev–Trinajstić information content (AvgIpc) is 3.00. The van der Waals surface area contributed by atoms with E-state index in [2.05, 4.69) is 18.8 Å². The standard InChI is InChI=1S/C28H40N2O4S/c1-7-29-17-9-8-10-21(26(29)32)30(25(31)20-13-11-18(2)12-14-20)23-19(3)22(15-16-28(4,5)6)35-24(23)27(33)34/h18,20-21H,7-14,17H2,1-6H3,(H,33,34)/t18?,20?,21-/m0/s1. The van der Waals surface area contributed by atoms with Gasteiger partial charge in [0.05, 0.1) is 10.6 Å². The second-order valence-electron chi connectivity index (χ2n) is 11.1. The molecule has 2 heterocycles. The summed E-state index contributed by atoms with van der Waals surface area (Å²) in [6.45, 7) is 13.3.